The van der Waals surface area contributed by atoms with Crippen LogP contribution in [0.1, 0.15) is 21.6 Å². The van der Waals surface area contributed by atoms with Gasteiger partial charge in [-0.05, 0) is 48.9 Å². The van der Waals surface area contributed by atoms with E-state index in [1.54, 1.807) is 10.9 Å². The number of piperazine rings is 1. The van der Waals surface area contributed by atoms with Crippen LogP contribution in [0.25, 0.3) is 17.1 Å². The van der Waals surface area contributed by atoms with Crippen molar-refractivity contribution in [3.05, 3.63) is 83.7 Å². The van der Waals surface area contributed by atoms with Gasteiger partial charge in [0, 0.05) is 38.8 Å². The second-order valence-corrected chi connectivity index (χ2v) is 8.90. The molecule has 1 fully saturated rings. The van der Waals surface area contributed by atoms with Crippen LogP contribution in [0.3, 0.4) is 0 Å². The fraction of sp³-hybridized carbons (Fsp3) is 0.259. The molecule has 178 valence electrons. The Labute approximate surface area is 203 Å². The summed E-state index contributed by atoms with van der Waals surface area (Å²) in [7, 11) is 0. The van der Waals surface area contributed by atoms with Crippen molar-refractivity contribution in [3.8, 4) is 28.6 Å². The molecule has 0 saturated carbocycles. The van der Waals surface area contributed by atoms with E-state index in [4.69, 9.17) is 19.0 Å². The van der Waals surface area contributed by atoms with Crippen molar-refractivity contribution in [1.29, 1.82) is 0 Å². The van der Waals surface area contributed by atoms with Crippen LogP contribution in [0, 0.1) is 6.92 Å². The molecule has 35 heavy (non-hydrogen) atoms. The van der Waals surface area contributed by atoms with Crippen molar-refractivity contribution in [1.82, 2.24) is 19.6 Å². The standard InChI is InChI=1S/C27H26N4O4/c1-19-4-7-21(8-5-19)31-23(16-22(28-31)24-3-2-14-33-24)27(32)30-12-10-29(11-13-30)17-20-6-9-25-26(15-20)35-18-34-25/h2-9,14-16H,10-13,17-18H2,1H3. The Hall–Kier alpha value is -4.04. The lowest BCUT2D eigenvalue weighted by Crippen LogP contribution is -2.48. The van der Waals surface area contributed by atoms with Crippen LogP contribution in [0.2, 0.25) is 0 Å². The third kappa shape index (κ3) is 4.28. The fourth-order valence-corrected chi connectivity index (χ4v) is 4.53. The molecule has 1 saturated heterocycles. The van der Waals surface area contributed by atoms with Crippen LogP contribution in [0.15, 0.2) is 71.3 Å². The highest BCUT2D eigenvalue weighted by Gasteiger charge is 2.27. The van der Waals surface area contributed by atoms with Crippen molar-refractivity contribution in [2.45, 2.75) is 13.5 Å². The summed E-state index contributed by atoms with van der Waals surface area (Å²) in [4.78, 5) is 17.9. The molecule has 0 atom stereocenters. The van der Waals surface area contributed by atoms with Crippen molar-refractivity contribution < 1.29 is 18.7 Å². The van der Waals surface area contributed by atoms with Gasteiger partial charge in [0.2, 0.25) is 6.79 Å². The molecule has 0 N–H and O–H groups in total. The van der Waals surface area contributed by atoms with Crippen LogP contribution in [-0.2, 0) is 6.54 Å². The van der Waals surface area contributed by atoms with Crippen molar-refractivity contribution >= 4 is 5.91 Å². The number of amides is 1. The number of fused-ring (bicyclic) bond motifs is 1. The maximum absolute atomic E-state index is 13.6. The molecule has 6 rings (SSSR count). The Morgan fingerprint density at radius 3 is 2.51 bits per heavy atom. The monoisotopic (exact) mass is 470 g/mol. The van der Waals surface area contributed by atoms with E-state index >= 15 is 0 Å². The van der Waals surface area contributed by atoms with E-state index in [-0.39, 0.29) is 12.7 Å². The minimum absolute atomic E-state index is 0.0291. The zero-order valence-corrected chi connectivity index (χ0v) is 19.5. The van der Waals surface area contributed by atoms with E-state index in [9.17, 15) is 4.79 Å². The number of aryl methyl sites for hydroxylation is 1. The van der Waals surface area contributed by atoms with Crippen LogP contribution < -0.4 is 9.47 Å². The lowest BCUT2D eigenvalue weighted by atomic mass is 10.1. The Morgan fingerprint density at radius 1 is 0.943 bits per heavy atom. The average Bonchev–Trinajstić information content (AvgIpc) is 3.65. The Morgan fingerprint density at radius 2 is 1.74 bits per heavy atom. The van der Waals surface area contributed by atoms with Crippen molar-refractivity contribution in [2.75, 3.05) is 33.0 Å². The molecule has 4 heterocycles. The van der Waals surface area contributed by atoms with Gasteiger partial charge in [-0.15, -0.1) is 0 Å². The molecular weight excluding hydrogens is 444 g/mol. The van der Waals surface area contributed by atoms with E-state index in [1.165, 1.54) is 5.56 Å². The van der Waals surface area contributed by atoms with E-state index in [1.807, 2.05) is 66.4 Å². The maximum Gasteiger partial charge on any atom is 0.272 e. The molecule has 4 aromatic rings. The molecule has 2 aliphatic rings. The van der Waals surface area contributed by atoms with Gasteiger partial charge in [0.15, 0.2) is 17.3 Å². The number of carbonyl (C=O) groups is 1. The number of hydrogen-bond donors (Lipinski definition) is 0. The molecule has 8 heteroatoms. The molecule has 0 aliphatic carbocycles. The lowest BCUT2D eigenvalue weighted by molar-refractivity contribution is 0.0619. The normalized spacial score (nSPS) is 15.5. The third-order valence-electron chi connectivity index (χ3n) is 6.48. The molecule has 1 amide bonds. The quantitative estimate of drug-likeness (QED) is 0.437. The topological polar surface area (TPSA) is 73.0 Å². The van der Waals surface area contributed by atoms with Gasteiger partial charge in [0.1, 0.15) is 11.4 Å². The number of carbonyl (C=O) groups excluding carboxylic acids is 1. The van der Waals surface area contributed by atoms with E-state index in [0.29, 0.717) is 30.2 Å². The van der Waals surface area contributed by atoms with Gasteiger partial charge < -0.3 is 18.8 Å². The predicted octanol–water partition coefficient (Wildman–Crippen LogP) is 4.13. The number of ether oxygens (including phenoxy) is 2. The summed E-state index contributed by atoms with van der Waals surface area (Å²) in [5.74, 6) is 2.20. The molecule has 0 unspecified atom stereocenters. The minimum Gasteiger partial charge on any atom is -0.463 e. The highest BCUT2D eigenvalue weighted by molar-refractivity contribution is 5.94. The first-order valence-corrected chi connectivity index (χ1v) is 11.8. The zero-order valence-electron chi connectivity index (χ0n) is 19.5. The fourth-order valence-electron chi connectivity index (χ4n) is 4.53. The van der Waals surface area contributed by atoms with Gasteiger partial charge in [-0.2, -0.15) is 5.10 Å². The molecule has 2 aliphatic heterocycles. The number of furan rings is 1. The number of aromatic nitrogens is 2. The first-order chi connectivity index (χ1) is 17.1. The molecule has 2 aromatic heterocycles. The first-order valence-electron chi connectivity index (χ1n) is 11.8. The van der Waals surface area contributed by atoms with Crippen molar-refractivity contribution in [2.24, 2.45) is 0 Å². The van der Waals surface area contributed by atoms with Crippen LogP contribution in [0.5, 0.6) is 11.5 Å². The van der Waals surface area contributed by atoms with E-state index < -0.39 is 0 Å². The van der Waals surface area contributed by atoms with Gasteiger partial charge in [-0.3, -0.25) is 9.69 Å². The summed E-state index contributed by atoms with van der Waals surface area (Å²) in [6, 6.07) is 19.6. The summed E-state index contributed by atoms with van der Waals surface area (Å²) in [5, 5.41) is 4.71. The van der Waals surface area contributed by atoms with Gasteiger partial charge in [0.25, 0.3) is 5.91 Å². The smallest absolute Gasteiger partial charge is 0.272 e. The third-order valence-corrected chi connectivity index (χ3v) is 6.48. The molecule has 2 aromatic carbocycles. The maximum atomic E-state index is 13.6. The van der Waals surface area contributed by atoms with E-state index in [2.05, 4.69) is 11.0 Å². The van der Waals surface area contributed by atoms with Gasteiger partial charge in [-0.25, -0.2) is 4.68 Å². The summed E-state index contributed by atoms with van der Waals surface area (Å²) in [5.41, 5.74) is 4.34. The van der Waals surface area contributed by atoms with Gasteiger partial charge in [-0.1, -0.05) is 23.8 Å². The first kappa shape index (κ1) is 21.5. The van der Waals surface area contributed by atoms with Gasteiger partial charge >= 0.3 is 0 Å². The largest absolute Gasteiger partial charge is 0.463 e. The summed E-state index contributed by atoms with van der Waals surface area (Å²) in [6.45, 7) is 6.02. The number of benzene rings is 2. The summed E-state index contributed by atoms with van der Waals surface area (Å²) < 4.78 is 18.2. The molecular formula is C27H26N4O4. The zero-order chi connectivity index (χ0) is 23.8. The van der Waals surface area contributed by atoms with E-state index in [0.717, 1.165) is 42.4 Å². The van der Waals surface area contributed by atoms with Crippen LogP contribution in [-0.4, -0.2) is 58.5 Å². The SMILES string of the molecule is Cc1ccc(-n2nc(-c3ccco3)cc2C(=O)N2CCN(Cc3ccc4c(c3)OCO4)CC2)cc1. The Balaban J connectivity index is 1.19. The molecule has 8 nitrogen and oxygen atoms in total. The summed E-state index contributed by atoms with van der Waals surface area (Å²) >= 11 is 0. The number of hydrogen-bond acceptors (Lipinski definition) is 6. The van der Waals surface area contributed by atoms with Crippen molar-refractivity contribution in [3.63, 3.8) is 0 Å². The number of rotatable bonds is 5. The second kappa shape index (κ2) is 8.96. The lowest BCUT2D eigenvalue weighted by Gasteiger charge is -2.34. The molecule has 0 bridgehead atoms. The predicted molar refractivity (Wildman–Crippen MR) is 130 cm³/mol. The molecule has 0 spiro atoms. The second-order valence-electron chi connectivity index (χ2n) is 8.90. The summed E-state index contributed by atoms with van der Waals surface area (Å²) in [6.07, 6.45) is 1.61. The highest BCUT2D eigenvalue weighted by atomic mass is 16.7. The number of nitrogens with zero attached hydrogens (tertiary/aromatic N) is 4. The van der Waals surface area contributed by atoms with Crippen LogP contribution >= 0.6 is 0 Å². The highest BCUT2D eigenvalue weighted by Crippen LogP contribution is 2.33. The van der Waals surface area contributed by atoms with Crippen LogP contribution in [0.4, 0.5) is 0 Å². The minimum atomic E-state index is -0.0291. The molecule has 0 radical (unpaired) electrons. The Kier molecular flexibility index (Phi) is 5.50. The van der Waals surface area contributed by atoms with Gasteiger partial charge in [0.05, 0.1) is 12.0 Å². The Bertz CT molecular complexity index is 1340. The average molecular weight is 471 g/mol.